The summed E-state index contributed by atoms with van der Waals surface area (Å²) in [6.07, 6.45) is 7.25. The van der Waals surface area contributed by atoms with Crippen LogP contribution >= 0.6 is 0 Å². The Bertz CT molecular complexity index is 1180. The van der Waals surface area contributed by atoms with E-state index in [1.54, 1.807) is 16.9 Å². The number of rotatable bonds is 9. The molecule has 3 heterocycles. The molecule has 35 heavy (non-hydrogen) atoms. The first-order valence-corrected chi connectivity index (χ1v) is 12.2. The van der Waals surface area contributed by atoms with Gasteiger partial charge in [0.1, 0.15) is 6.23 Å². The molecule has 3 aromatic rings. The van der Waals surface area contributed by atoms with Gasteiger partial charge in [-0.3, -0.25) is 0 Å². The number of aromatic amines is 1. The van der Waals surface area contributed by atoms with Gasteiger partial charge < -0.3 is 30.0 Å². The van der Waals surface area contributed by atoms with E-state index in [1.807, 2.05) is 14.1 Å². The standard InChI is InChI=1S/C24H32FN7O3/c1-31(2)9-5-11-34-20-13-18-17(12-16(20)25)27-23(28-18)22-19(29-24(33)26-15-7-8-15)14-32(30-22)21-6-3-4-10-35-21/h12-15,21H,3-11H2,1-2H3,(H,27,28)(H2,26,29,33). The number of imidazole rings is 1. The zero-order valence-corrected chi connectivity index (χ0v) is 20.1. The number of carbonyl (C=O) groups excluding carboxylic acids is 1. The van der Waals surface area contributed by atoms with Crippen LogP contribution in [0.4, 0.5) is 14.9 Å². The maximum atomic E-state index is 14.7. The fraction of sp³-hybridized carbons (Fsp3) is 0.542. The number of hydrogen-bond donors (Lipinski definition) is 3. The Labute approximate surface area is 203 Å². The number of nitrogens with zero attached hydrogens (tertiary/aromatic N) is 4. The fourth-order valence-electron chi connectivity index (χ4n) is 4.11. The molecule has 1 aromatic carbocycles. The minimum Gasteiger partial charge on any atom is -0.490 e. The molecule has 2 aliphatic rings. The summed E-state index contributed by atoms with van der Waals surface area (Å²) < 4.78 is 27.9. The Balaban J connectivity index is 1.41. The van der Waals surface area contributed by atoms with E-state index in [2.05, 4.69) is 25.5 Å². The number of aromatic nitrogens is 4. The molecular weight excluding hydrogens is 453 g/mol. The third-order valence-corrected chi connectivity index (χ3v) is 6.11. The van der Waals surface area contributed by atoms with E-state index < -0.39 is 5.82 Å². The maximum Gasteiger partial charge on any atom is 0.319 e. The van der Waals surface area contributed by atoms with Crippen LogP contribution in [0.5, 0.6) is 5.75 Å². The topological polar surface area (TPSA) is 109 Å². The molecule has 1 aliphatic heterocycles. The minimum absolute atomic E-state index is 0.176. The SMILES string of the molecule is CN(C)CCCOc1cc2[nH]c(-c3nn(C4CCCCO4)cc3NC(=O)NC3CC3)nc2cc1F. The van der Waals surface area contributed by atoms with E-state index >= 15 is 0 Å². The molecule has 10 nitrogen and oxygen atoms in total. The molecule has 5 rings (SSSR count). The van der Waals surface area contributed by atoms with Crippen molar-refractivity contribution in [2.24, 2.45) is 0 Å². The second-order valence-electron chi connectivity index (χ2n) is 9.46. The van der Waals surface area contributed by atoms with Gasteiger partial charge in [-0.05, 0) is 52.6 Å². The summed E-state index contributed by atoms with van der Waals surface area (Å²) in [6, 6.07) is 2.91. The lowest BCUT2D eigenvalue weighted by Gasteiger charge is -2.22. The first-order valence-electron chi connectivity index (χ1n) is 12.2. The maximum absolute atomic E-state index is 14.7. The summed E-state index contributed by atoms with van der Waals surface area (Å²) in [5.74, 6) is 0.138. The van der Waals surface area contributed by atoms with Gasteiger partial charge >= 0.3 is 6.03 Å². The second-order valence-corrected chi connectivity index (χ2v) is 9.46. The average Bonchev–Trinajstić information content (AvgIpc) is 3.40. The summed E-state index contributed by atoms with van der Waals surface area (Å²) in [5, 5.41) is 10.5. The zero-order valence-electron chi connectivity index (χ0n) is 20.1. The molecule has 188 valence electrons. The number of H-pyrrole nitrogens is 1. The Morgan fingerprint density at radius 3 is 2.91 bits per heavy atom. The second kappa shape index (κ2) is 10.2. The van der Waals surface area contributed by atoms with Crippen LogP contribution in [0.25, 0.3) is 22.6 Å². The lowest BCUT2D eigenvalue weighted by molar-refractivity contribution is -0.0393. The van der Waals surface area contributed by atoms with Crippen molar-refractivity contribution in [2.45, 2.75) is 50.8 Å². The number of hydrogen-bond acceptors (Lipinski definition) is 6. The number of benzene rings is 1. The van der Waals surface area contributed by atoms with E-state index in [4.69, 9.17) is 14.6 Å². The van der Waals surface area contributed by atoms with Crippen LogP contribution in [0.3, 0.4) is 0 Å². The highest BCUT2D eigenvalue weighted by Crippen LogP contribution is 2.32. The van der Waals surface area contributed by atoms with Crippen molar-refractivity contribution in [3.05, 3.63) is 24.1 Å². The summed E-state index contributed by atoms with van der Waals surface area (Å²) in [6.45, 7) is 1.94. The third-order valence-electron chi connectivity index (χ3n) is 6.11. The van der Waals surface area contributed by atoms with Gasteiger partial charge in [0.2, 0.25) is 0 Å². The molecule has 3 N–H and O–H groups in total. The van der Waals surface area contributed by atoms with Crippen molar-refractivity contribution >= 4 is 22.8 Å². The quantitative estimate of drug-likeness (QED) is 0.397. The largest absolute Gasteiger partial charge is 0.490 e. The van der Waals surface area contributed by atoms with Crippen molar-refractivity contribution in [3.8, 4) is 17.3 Å². The number of anilines is 1. The van der Waals surface area contributed by atoms with Crippen molar-refractivity contribution in [2.75, 3.05) is 39.2 Å². The van der Waals surface area contributed by atoms with Gasteiger partial charge in [0, 0.05) is 31.3 Å². The fourth-order valence-corrected chi connectivity index (χ4v) is 4.11. The van der Waals surface area contributed by atoms with Crippen molar-refractivity contribution in [3.63, 3.8) is 0 Å². The van der Waals surface area contributed by atoms with Gasteiger partial charge in [-0.2, -0.15) is 5.10 Å². The molecule has 2 aromatic heterocycles. The minimum atomic E-state index is -0.469. The number of fused-ring (bicyclic) bond motifs is 1. The van der Waals surface area contributed by atoms with Crippen LogP contribution in [0.2, 0.25) is 0 Å². The van der Waals surface area contributed by atoms with Crippen LogP contribution in [0, 0.1) is 5.82 Å². The van der Waals surface area contributed by atoms with Crippen LogP contribution in [-0.4, -0.2) is 70.6 Å². The Morgan fingerprint density at radius 1 is 1.31 bits per heavy atom. The Kier molecular flexibility index (Phi) is 6.87. The van der Waals surface area contributed by atoms with Crippen molar-refractivity contribution < 1.29 is 18.7 Å². The monoisotopic (exact) mass is 485 g/mol. The van der Waals surface area contributed by atoms with Gasteiger partial charge in [0.25, 0.3) is 0 Å². The van der Waals surface area contributed by atoms with Gasteiger partial charge in [0.15, 0.2) is 23.1 Å². The van der Waals surface area contributed by atoms with Gasteiger partial charge in [0.05, 0.1) is 29.5 Å². The molecule has 0 radical (unpaired) electrons. The first kappa shape index (κ1) is 23.6. The molecule has 1 aliphatic carbocycles. The molecule has 2 amide bonds. The lowest BCUT2D eigenvalue weighted by atomic mass is 10.2. The van der Waals surface area contributed by atoms with Crippen molar-refractivity contribution in [1.82, 2.24) is 30.0 Å². The summed E-state index contributed by atoms with van der Waals surface area (Å²) in [7, 11) is 3.97. The van der Waals surface area contributed by atoms with Gasteiger partial charge in [-0.1, -0.05) is 0 Å². The molecule has 1 unspecified atom stereocenters. The van der Waals surface area contributed by atoms with E-state index in [0.29, 0.717) is 41.5 Å². The summed E-state index contributed by atoms with van der Waals surface area (Å²) >= 11 is 0. The van der Waals surface area contributed by atoms with Crippen LogP contribution in [0.15, 0.2) is 18.3 Å². The predicted molar refractivity (Wildman–Crippen MR) is 130 cm³/mol. The van der Waals surface area contributed by atoms with E-state index in [0.717, 1.165) is 45.1 Å². The number of ether oxygens (including phenoxy) is 2. The predicted octanol–water partition coefficient (Wildman–Crippen LogP) is 3.88. The zero-order chi connectivity index (χ0) is 24.4. The molecule has 0 spiro atoms. The molecule has 0 bridgehead atoms. The molecule has 11 heteroatoms. The first-order chi connectivity index (χ1) is 17.0. The Hall–Kier alpha value is -3.18. The molecule has 1 saturated heterocycles. The van der Waals surface area contributed by atoms with Crippen LogP contribution in [-0.2, 0) is 4.74 Å². The number of halogens is 1. The van der Waals surface area contributed by atoms with E-state index in [9.17, 15) is 9.18 Å². The summed E-state index contributed by atoms with van der Waals surface area (Å²) in [4.78, 5) is 22.3. The molecule has 1 saturated carbocycles. The smallest absolute Gasteiger partial charge is 0.319 e. The number of nitrogens with one attached hydrogen (secondary N) is 3. The highest BCUT2D eigenvalue weighted by molar-refractivity contribution is 5.93. The third kappa shape index (κ3) is 5.73. The highest BCUT2D eigenvalue weighted by atomic mass is 19.1. The summed E-state index contributed by atoms with van der Waals surface area (Å²) in [5.41, 5.74) is 2.06. The molecular formula is C24H32FN7O3. The molecule has 1 atom stereocenters. The van der Waals surface area contributed by atoms with Crippen molar-refractivity contribution in [1.29, 1.82) is 0 Å². The lowest BCUT2D eigenvalue weighted by Crippen LogP contribution is -2.30. The number of urea groups is 1. The highest BCUT2D eigenvalue weighted by Gasteiger charge is 2.26. The normalized spacial score (nSPS) is 18.2. The van der Waals surface area contributed by atoms with E-state index in [-0.39, 0.29) is 24.1 Å². The van der Waals surface area contributed by atoms with Crippen LogP contribution < -0.4 is 15.4 Å². The van der Waals surface area contributed by atoms with Gasteiger partial charge in [-0.15, -0.1) is 0 Å². The number of amides is 2. The number of carbonyl (C=O) groups is 1. The average molecular weight is 486 g/mol. The molecule has 2 fully saturated rings. The van der Waals surface area contributed by atoms with Crippen LogP contribution in [0.1, 0.15) is 44.8 Å². The van der Waals surface area contributed by atoms with Gasteiger partial charge in [-0.25, -0.2) is 18.9 Å². The van der Waals surface area contributed by atoms with E-state index in [1.165, 1.54) is 6.07 Å². The Morgan fingerprint density at radius 2 is 2.17 bits per heavy atom.